The van der Waals surface area contributed by atoms with Gasteiger partial charge in [0.15, 0.2) is 0 Å². The van der Waals surface area contributed by atoms with Crippen LogP contribution in [0.4, 0.5) is 0 Å². The van der Waals surface area contributed by atoms with Crippen LogP contribution in [0.2, 0.25) is 0 Å². The van der Waals surface area contributed by atoms with Crippen molar-refractivity contribution in [3.05, 3.63) is 114 Å². The third-order valence-electron chi connectivity index (χ3n) is 6.01. The lowest BCUT2D eigenvalue weighted by Gasteiger charge is -2.26. The third kappa shape index (κ3) is 4.22. The van der Waals surface area contributed by atoms with E-state index in [0.29, 0.717) is 11.8 Å². The number of ether oxygens (including phenoxy) is 1. The van der Waals surface area contributed by atoms with Gasteiger partial charge in [0.05, 0.1) is 11.4 Å². The Morgan fingerprint density at radius 1 is 0.594 bits per heavy atom. The first-order chi connectivity index (χ1) is 15.3. The van der Waals surface area contributed by atoms with Crippen LogP contribution in [0.15, 0.2) is 91.0 Å². The van der Waals surface area contributed by atoms with Crippen molar-refractivity contribution in [1.29, 1.82) is 0 Å². The first kappa shape index (κ1) is 21.6. The van der Waals surface area contributed by atoms with Gasteiger partial charge in [0.2, 0.25) is 11.8 Å². The minimum absolute atomic E-state index is 0.253. The van der Waals surface area contributed by atoms with E-state index in [9.17, 15) is 5.11 Å². The van der Waals surface area contributed by atoms with Crippen LogP contribution in [0, 0.1) is 0 Å². The molecule has 32 heavy (non-hydrogen) atoms. The van der Waals surface area contributed by atoms with E-state index in [1.54, 1.807) is 6.07 Å². The van der Waals surface area contributed by atoms with Crippen LogP contribution < -0.4 is 4.74 Å². The Kier molecular flexibility index (Phi) is 5.70. The zero-order chi connectivity index (χ0) is 22.8. The van der Waals surface area contributed by atoms with E-state index in [2.05, 4.69) is 26.0 Å². The van der Waals surface area contributed by atoms with Crippen molar-refractivity contribution < 1.29 is 9.84 Å². The third-order valence-corrected chi connectivity index (χ3v) is 6.01. The maximum absolute atomic E-state index is 10.3. The molecule has 0 spiro atoms. The summed E-state index contributed by atoms with van der Waals surface area (Å²) in [6, 6.07) is 29.2. The highest BCUT2D eigenvalue weighted by molar-refractivity contribution is 5.44. The van der Waals surface area contributed by atoms with Crippen LogP contribution in [0.3, 0.4) is 0 Å². The molecule has 2 aromatic heterocycles. The van der Waals surface area contributed by atoms with Gasteiger partial charge in [-0.05, 0) is 23.8 Å². The number of aromatic hydroxyl groups is 1. The Balaban J connectivity index is 1.63. The van der Waals surface area contributed by atoms with E-state index in [1.165, 1.54) is 5.56 Å². The van der Waals surface area contributed by atoms with Gasteiger partial charge in [0, 0.05) is 28.5 Å². The molecule has 162 valence electrons. The van der Waals surface area contributed by atoms with Gasteiger partial charge in [-0.15, -0.1) is 0 Å². The molecule has 0 bridgehead atoms. The lowest BCUT2D eigenvalue weighted by atomic mass is 9.80. The number of phenols is 1. The van der Waals surface area contributed by atoms with Crippen LogP contribution in [-0.4, -0.2) is 15.1 Å². The Labute approximate surface area is 189 Å². The molecule has 0 saturated carbocycles. The summed E-state index contributed by atoms with van der Waals surface area (Å²) in [6.45, 7) is 8.38. The Morgan fingerprint density at radius 2 is 1.12 bits per heavy atom. The average Bonchev–Trinajstić information content (AvgIpc) is 2.80. The number of pyridine rings is 2. The molecule has 4 heteroatoms. The second-order valence-corrected chi connectivity index (χ2v) is 8.96. The largest absolute Gasteiger partial charge is 0.508 e. The number of rotatable bonds is 6. The van der Waals surface area contributed by atoms with Gasteiger partial charge in [-0.1, -0.05) is 88.4 Å². The fourth-order valence-electron chi connectivity index (χ4n) is 3.89. The molecule has 4 rings (SSSR count). The number of hydrogen-bond acceptors (Lipinski definition) is 4. The Morgan fingerprint density at radius 3 is 1.72 bits per heavy atom. The van der Waals surface area contributed by atoms with Crippen molar-refractivity contribution in [2.45, 2.75) is 38.5 Å². The molecule has 0 fully saturated rings. The zero-order valence-corrected chi connectivity index (χ0v) is 18.9. The summed E-state index contributed by atoms with van der Waals surface area (Å²) in [5, 5.41) is 10.3. The van der Waals surface area contributed by atoms with Gasteiger partial charge in [0.25, 0.3) is 0 Å². The van der Waals surface area contributed by atoms with Gasteiger partial charge in [-0.3, -0.25) is 0 Å². The summed E-state index contributed by atoms with van der Waals surface area (Å²) >= 11 is 0. The number of aromatic nitrogens is 2. The summed E-state index contributed by atoms with van der Waals surface area (Å²) in [7, 11) is 0. The summed E-state index contributed by atoms with van der Waals surface area (Å²) in [4.78, 5) is 9.51. The van der Waals surface area contributed by atoms with Crippen molar-refractivity contribution >= 4 is 0 Å². The minimum Gasteiger partial charge on any atom is -0.508 e. The van der Waals surface area contributed by atoms with E-state index in [4.69, 9.17) is 14.7 Å². The van der Waals surface area contributed by atoms with Crippen molar-refractivity contribution in [3.63, 3.8) is 0 Å². The van der Waals surface area contributed by atoms with E-state index < -0.39 is 5.41 Å². The minimum atomic E-state index is -0.491. The van der Waals surface area contributed by atoms with Crippen molar-refractivity contribution in [1.82, 2.24) is 9.97 Å². The van der Waals surface area contributed by atoms with Gasteiger partial charge in [0.1, 0.15) is 5.75 Å². The summed E-state index contributed by atoms with van der Waals surface area (Å²) in [5.41, 5.74) is 2.98. The van der Waals surface area contributed by atoms with E-state index in [0.717, 1.165) is 17.0 Å². The molecule has 0 radical (unpaired) electrons. The molecule has 0 saturated heterocycles. The first-order valence-corrected chi connectivity index (χ1v) is 10.8. The molecule has 0 atom stereocenters. The smallest absolute Gasteiger partial charge is 0.221 e. The molecule has 0 aliphatic carbocycles. The van der Waals surface area contributed by atoms with Crippen molar-refractivity contribution in [3.8, 4) is 17.5 Å². The molecule has 0 aliphatic rings. The molecule has 0 unspecified atom stereocenters. The van der Waals surface area contributed by atoms with Crippen molar-refractivity contribution in [2.75, 3.05) is 0 Å². The number of benzene rings is 2. The van der Waals surface area contributed by atoms with E-state index in [-0.39, 0.29) is 11.2 Å². The molecular weight excluding hydrogens is 396 g/mol. The summed E-state index contributed by atoms with van der Waals surface area (Å²) in [5.74, 6) is 1.22. The topological polar surface area (TPSA) is 55.2 Å². The maximum Gasteiger partial charge on any atom is 0.221 e. The Bertz CT molecular complexity index is 1220. The second-order valence-electron chi connectivity index (χ2n) is 8.96. The molecule has 0 aliphatic heterocycles. The molecule has 4 nitrogen and oxygen atoms in total. The molecule has 4 aromatic rings. The predicted molar refractivity (Wildman–Crippen MR) is 127 cm³/mol. The van der Waals surface area contributed by atoms with Gasteiger partial charge < -0.3 is 9.84 Å². The van der Waals surface area contributed by atoms with Crippen molar-refractivity contribution in [2.24, 2.45) is 0 Å². The van der Waals surface area contributed by atoms with Crippen LogP contribution >= 0.6 is 0 Å². The quantitative estimate of drug-likeness (QED) is 0.378. The summed E-state index contributed by atoms with van der Waals surface area (Å²) < 4.78 is 6.07. The van der Waals surface area contributed by atoms with Crippen LogP contribution in [0.1, 0.15) is 50.2 Å². The predicted octanol–water partition coefficient (Wildman–Crippen LogP) is 6.63. The first-order valence-electron chi connectivity index (χ1n) is 10.8. The fourth-order valence-corrected chi connectivity index (χ4v) is 3.89. The van der Waals surface area contributed by atoms with Gasteiger partial charge in [-0.25, -0.2) is 9.97 Å². The molecule has 2 aromatic carbocycles. The molecular formula is C28H28N2O2. The van der Waals surface area contributed by atoms with Crippen LogP contribution in [-0.2, 0) is 10.8 Å². The Hall–Kier alpha value is -3.66. The summed E-state index contributed by atoms with van der Waals surface area (Å²) in [6.07, 6.45) is 0. The standard InChI is InChI=1S/C28H28N2O2/c1-27(2,20-12-6-5-7-13-20)23-16-10-18-25(29-23)32-26-19-11-17-24(30-26)28(3,4)21-14-8-9-15-22(21)31/h5-19,31H,1-4H3. The fraction of sp³-hybridized carbons (Fsp3) is 0.214. The van der Waals surface area contributed by atoms with E-state index in [1.807, 2.05) is 86.6 Å². The highest BCUT2D eigenvalue weighted by Crippen LogP contribution is 2.37. The van der Waals surface area contributed by atoms with Crippen LogP contribution in [0.25, 0.3) is 0 Å². The molecule has 2 heterocycles. The second kappa shape index (κ2) is 8.46. The molecule has 0 amide bonds. The number of phenolic OH excluding ortho intramolecular Hbond substituents is 1. The number of nitrogens with zero attached hydrogens (tertiary/aromatic N) is 2. The number of hydrogen-bond donors (Lipinski definition) is 1. The van der Waals surface area contributed by atoms with Gasteiger partial charge >= 0.3 is 0 Å². The zero-order valence-electron chi connectivity index (χ0n) is 18.9. The molecule has 1 N–H and O–H groups in total. The lowest BCUT2D eigenvalue weighted by molar-refractivity contribution is 0.427. The maximum atomic E-state index is 10.3. The van der Waals surface area contributed by atoms with E-state index >= 15 is 0 Å². The average molecular weight is 425 g/mol. The monoisotopic (exact) mass is 424 g/mol. The van der Waals surface area contributed by atoms with Crippen LogP contribution in [0.5, 0.6) is 17.5 Å². The normalized spacial score (nSPS) is 11.9. The highest BCUT2D eigenvalue weighted by atomic mass is 16.5. The van der Waals surface area contributed by atoms with Gasteiger partial charge in [-0.2, -0.15) is 0 Å². The number of para-hydroxylation sites is 1. The lowest BCUT2D eigenvalue weighted by Crippen LogP contribution is -2.21. The SMILES string of the molecule is CC(C)(c1ccccc1)c1cccc(Oc2cccc(C(C)(C)c3ccccc3O)n2)n1. The highest BCUT2D eigenvalue weighted by Gasteiger charge is 2.28.